The molecule has 6 nitrogen and oxygen atoms in total. The Labute approximate surface area is 121 Å². The van der Waals surface area contributed by atoms with Crippen LogP contribution in [0.4, 0.5) is 5.82 Å². The molecule has 0 spiro atoms. The maximum atomic E-state index is 12.2. The van der Waals surface area contributed by atoms with Gasteiger partial charge in [-0.1, -0.05) is 6.07 Å². The van der Waals surface area contributed by atoms with E-state index in [0.29, 0.717) is 11.7 Å². The van der Waals surface area contributed by atoms with E-state index in [1.165, 1.54) is 10.7 Å². The van der Waals surface area contributed by atoms with E-state index < -0.39 is 6.04 Å². The molecule has 1 saturated carbocycles. The van der Waals surface area contributed by atoms with Gasteiger partial charge in [-0.05, 0) is 38.0 Å². The Hall–Kier alpha value is -2.50. The van der Waals surface area contributed by atoms with Gasteiger partial charge in [0.1, 0.15) is 11.9 Å². The summed E-state index contributed by atoms with van der Waals surface area (Å²) in [6.45, 7) is 1.66. The zero-order valence-corrected chi connectivity index (χ0v) is 11.7. The van der Waals surface area contributed by atoms with Crippen LogP contribution in [-0.4, -0.2) is 20.7 Å². The van der Waals surface area contributed by atoms with Gasteiger partial charge in [0, 0.05) is 18.2 Å². The molecule has 6 heteroatoms. The summed E-state index contributed by atoms with van der Waals surface area (Å²) in [6.07, 6.45) is 3.79. The molecule has 21 heavy (non-hydrogen) atoms. The van der Waals surface area contributed by atoms with E-state index in [9.17, 15) is 9.59 Å². The van der Waals surface area contributed by atoms with Crippen LogP contribution in [0, 0.1) is 0 Å². The fraction of sp³-hybridized carbons (Fsp3) is 0.333. The van der Waals surface area contributed by atoms with Gasteiger partial charge in [0.2, 0.25) is 5.91 Å². The number of nitrogens with one attached hydrogen (secondary N) is 1. The van der Waals surface area contributed by atoms with Crippen molar-refractivity contribution in [3.05, 3.63) is 52.6 Å². The van der Waals surface area contributed by atoms with Crippen molar-refractivity contribution in [2.24, 2.45) is 0 Å². The molecule has 2 heterocycles. The largest absolute Gasteiger partial charge is 0.309 e. The van der Waals surface area contributed by atoms with Crippen LogP contribution >= 0.6 is 0 Å². The summed E-state index contributed by atoms with van der Waals surface area (Å²) in [4.78, 5) is 28.2. The molecule has 1 amide bonds. The molecule has 0 aliphatic heterocycles. The average Bonchev–Trinajstić information content (AvgIpc) is 3.33. The summed E-state index contributed by atoms with van der Waals surface area (Å²) in [6, 6.07) is 7.79. The summed E-state index contributed by atoms with van der Waals surface area (Å²) in [5.74, 6) is 0.583. The molecule has 1 N–H and O–H groups in total. The van der Waals surface area contributed by atoms with Gasteiger partial charge in [0.25, 0.3) is 5.56 Å². The number of pyridine rings is 1. The molecule has 0 saturated heterocycles. The molecule has 0 aromatic carbocycles. The molecule has 3 rings (SSSR count). The Kier molecular flexibility index (Phi) is 3.51. The smallest absolute Gasteiger partial charge is 0.267 e. The molecule has 0 radical (unpaired) electrons. The molecule has 2 aromatic rings. The molecular formula is C15H16N4O2. The maximum Gasteiger partial charge on any atom is 0.267 e. The molecule has 1 atom stereocenters. The topological polar surface area (TPSA) is 76.9 Å². The van der Waals surface area contributed by atoms with Crippen LogP contribution in [0.1, 0.15) is 37.4 Å². The lowest BCUT2D eigenvalue weighted by molar-refractivity contribution is -0.119. The van der Waals surface area contributed by atoms with Crippen molar-refractivity contribution in [2.75, 3.05) is 5.32 Å². The van der Waals surface area contributed by atoms with Crippen molar-refractivity contribution >= 4 is 11.7 Å². The number of hydrogen-bond donors (Lipinski definition) is 1. The van der Waals surface area contributed by atoms with Crippen molar-refractivity contribution in [3.8, 4) is 0 Å². The first-order valence-electron chi connectivity index (χ1n) is 6.97. The molecule has 1 aliphatic carbocycles. The van der Waals surface area contributed by atoms with E-state index in [1.54, 1.807) is 37.4 Å². The molecular weight excluding hydrogens is 268 g/mol. The van der Waals surface area contributed by atoms with Crippen LogP contribution < -0.4 is 10.9 Å². The standard InChI is InChI=1S/C15H16N4O2/c1-10(15(21)17-13-4-2-3-9-16-13)19-14(20)8-7-12(18-19)11-5-6-11/h2-4,7-11H,5-6H2,1H3,(H,16,17,21). The molecule has 1 aliphatic rings. The van der Waals surface area contributed by atoms with E-state index in [0.717, 1.165) is 18.5 Å². The number of hydrogen-bond acceptors (Lipinski definition) is 4. The maximum absolute atomic E-state index is 12.2. The predicted octanol–water partition coefficient (Wildman–Crippen LogP) is 1.72. The van der Waals surface area contributed by atoms with Gasteiger partial charge in [-0.25, -0.2) is 9.67 Å². The lowest BCUT2D eigenvalue weighted by Gasteiger charge is -2.14. The van der Waals surface area contributed by atoms with Crippen molar-refractivity contribution in [3.63, 3.8) is 0 Å². The van der Waals surface area contributed by atoms with Gasteiger partial charge in [-0.2, -0.15) is 5.10 Å². The third-order valence-corrected chi connectivity index (χ3v) is 3.50. The van der Waals surface area contributed by atoms with Crippen LogP contribution in [0.25, 0.3) is 0 Å². The Morgan fingerprint density at radius 3 is 2.81 bits per heavy atom. The minimum absolute atomic E-state index is 0.275. The first-order chi connectivity index (χ1) is 10.1. The van der Waals surface area contributed by atoms with E-state index in [2.05, 4.69) is 15.4 Å². The second-order valence-corrected chi connectivity index (χ2v) is 5.20. The third kappa shape index (κ3) is 2.99. The molecule has 1 fully saturated rings. The van der Waals surface area contributed by atoms with Crippen molar-refractivity contribution in [1.82, 2.24) is 14.8 Å². The summed E-state index contributed by atoms with van der Waals surface area (Å²) >= 11 is 0. The van der Waals surface area contributed by atoms with Crippen LogP contribution in [0.15, 0.2) is 41.3 Å². The lowest BCUT2D eigenvalue weighted by Crippen LogP contribution is -2.33. The highest BCUT2D eigenvalue weighted by Gasteiger charge is 2.27. The Balaban J connectivity index is 1.81. The van der Waals surface area contributed by atoms with Crippen molar-refractivity contribution in [2.45, 2.75) is 31.7 Å². The van der Waals surface area contributed by atoms with Gasteiger partial charge < -0.3 is 5.32 Å². The zero-order chi connectivity index (χ0) is 14.8. The predicted molar refractivity (Wildman–Crippen MR) is 78.0 cm³/mol. The third-order valence-electron chi connectivity index (χ3n) is 3.50. The van der Waals surface area contributed by atoms with E-state index in [1.807, 2.05) is 0 Å². The van der Waals surface area contributed by atoms with Gasteiger partial charge in [-0.3, -0.25) is 9.59 Å². The SMILES string of the molecule is CC(C(=O)Nc1ccccn1)n1nc(C2CC2)ccc1=O. The van der Waals surface area contributed by atoms with Crippen LogP contribution in [-0.2, 0) is 4.79 Å². The average molecular weight is 284 g/mol. The lowest BCUT2D eigenvalue weighted by atomic mass is 10.2. The number of amides is 1. The first kappa shape index (κ1) is 13.5. The van der Waals surface area contributed by atoms with Crippen LogP contribution in [0.2, 0.25) is 0 Å². The second-order valence-electron chi connectivity index (χ2n) is 5.20. The van der Waals surface area contributed by atoms with Crippen molar-refractivity contribution in [1.29, 1.82) is 0 Å². The number of nitrogens with zero attached hydrogens (tertiary/aromatic N) is 3. The van der Waals surface area contributed by atoms with E-state index in [4.69, 9.17) is 0 Å². The summed E-state index contributed by atoms with van der Waals surface area (Å²) in [7, 11) is 0. The van der Waals surface area contributed by atoms with Gasteiger partial charge >= 0.3 is 0 Å². The Morgan fingerprint density at radius 1 is 1.33 bits per heavy atom. The number of anilines is 1. The summed E-state index contributed by atoms with van der Waals surface area (Å²) in [5.41, 5.74) is 0.607. The number of aromatic nitrogens is 3. The fourth-order valence-corrected chi connectivity index (χ4v) is 2.09. The summed E-state index contributed by atoms with van der Waals surface area (Å²) in [5, 5.41) is 7.00. The Morgan fingerprint density at radius 2 is 2.14 bits per heavy atom. The number of carbonyl (C=O) groups is 1. The first-order valence-corrected chi connectivity index (χ1v) is 6.97. The van der Waals surface area contributed by atoms with Gasteiger partial charge in [0.05, 0.1) is 5.69 Å². The Bertz CT molecular complexity index is 707. The molecule has 108 valence electrons. The minimum Gasteiger partial charge on any atom is -0.309 e. The second kappa shape index (κ2) is 5.47. The van der Waals surface area contributed by atoms with Crippen LogP contribution in [0.5, 0.6) is 0 Å². The van der Waals surface area contributed by atoms with E-state index >= 15 is 0 Å². The fourth-order valence-electron chi connectivity index (χ4n) is 2.09. The number of rotatable bonds is 4. The summed E-state index contributed by atoms with van der Waals surface area (Å²) < 4.78 is 1.24. The normalized spacial score (nSPS) is 15.5. The highest BCUT2D eigenvalue weighted by molar-refractivity contribution is 5.92. The minimum atomic E-state index is -0.682. The van der Waals surface area contributed by atoms with Crippen molar-refractivity contribution < 1.29 is 4.79 Å². The van der Waals surface area contributed by atoms with E-state index in [-0.39, 0.29) is 11.5 Å². The number of carbonyl (C=O) groups excluding carboxylic acids is 1. The molecule has 0 bridgehead atoms. The molecule has 1 unspecified atom stereocenters. The van der Waals surface area contributed by atoms with Crippen LogP contribution in [0.3, 0.4) is 0 Å². The highest BCUT2D eigenvalue weighted by atomic mass is 16.2. The zero-order valence-electron chi connectivity index (χ0n) is 11.7. The quantitative estimate of drug-likeness (QED) is 0.927. The monoisotopic (exact) mass is 284 g/mol. The highest BCUT2D eigenvalue weighted by Crippen LogP contribution is 2.38. The molecule has 2 aromatic heterocycles. The van der Waals surface area contributed by atoms with Gasteiger partial charge in [-0.15, -0.1) is 0 Å². The van der Waals surface area contributed by atoms with Gasteiger partial charge in [0.15, 0.2) is 0 Å².